The van der Waals surface area contributed by atoms with Gasteiger partial charge in [-0.15, -0.1) is 0 Å². The van der Waals surface area contributed by atoms with Gasteiger partial charge in [0.15, 0.2) is 0 Å². The normalized spacial score (nSPS) is 16.3. The Bertz CT molecular complexity index is 896. The van der Waals surface area contributed by atoms with Crippen LogP contribution in [0.4, 0.5) is 17.1 Å². The Labute approximate surface area is 162 Å². The van der Waals surface area contributed by atoms with Crippen molar-refractivity contribution in [3.8, 4) is 0 Å². The van der Waals surface area contributed by atoms with E-state index in [9.17, 15) is 14.4 Å². The molecule has 1 fully saturated rings. The first kappa shape index (κ1) is 18.9. The van der Waals surface area contributed by atoms with Crippen molar-refractivity contribution in [1.29, 1.82) is 0 Å². The molecule has 1 heterocycles. The van der Waals surface area contributed by atoms with E-state index in [2.05, 4.69) is 10.6 Å². The minimum absolute atomic E-state index is 0.102. The van der Waals surface area contributed by atoms with Gasteiger partial charge >= 0.3 is 0 Å². The summed E-state index contributed by atoms with van der Waals surface area (Å²) in [6.45, 7) is 3.62. The van der Waals surface area contributed by atoms with E-state index in [-0.39, 0.29) is 24.1 Å². The molecule has 1 aliphatic heterocycles. The molecule has 0 radical (unpaired) electrons. The number of rotatable bonds is 4. The van der Waals surface area contributed by atoms with Gasteiger partial charge in [-0.25, -0.2) is 0 Å². The predicted molar refractivity (Wildman–Crippen MR) is 106 cm³/mol. The number of hydrogen-bond acceptors (Lipinski definition) is 3. The summed E-state index contributed by atoms with van der Waals surface area (Å²) in [6, 6.07) is 12.2. The van der Waals surface area contributed by atoms with Gasteiger partial charge in [0, 0.05) is 42.0 Å². The number of nitrogens with one attached hydrogen (secondary N) is 2. The van der Waals surface area contributed by atoms with E-state index in [1.54, 1.807) is 47.4 Å². The predicted octanol–water partition coefficient (Wildman–Crippen LogP) is 3.60. The molecule has 1 aliphatic rings. The number of hydrogen-bond donors (Lipinski definition) is 2. The van der Waals surface area contributed by atoms with Crippen molar-refractivity contribution in [2.75, 3.05) is 22.1 Å². The van der Waals surface area contributed by atoms with Crippen LogP contribution in [0.2, 0.25) is 5.02 Å². The van der Waals surface area contributed by atoms with Crippen molar-refractivity contribution in [3.05, 3.63) is 53.1 Å². The molecule has 1 atom stereocenters. The number of carbonyl (C=O) groups is 3. The van der Waals surface area contributed by atoms with E-state index < -0.39 is 5.92 Å². The second-order valence-corrected chi connectivity index (χ2v) is 7.02. The number of anilines is 3. The van der Waals surface area contributed by atoms with Gasteiger partial charge in [0.2, 0.25) is 17.7 Å². The summed E-state index contributed by atoms with van der Waals surface area (Å²) < 4.78 is 0. The fraction of sp³-hybridized carbons (Fsp3) is 0.250. The van der Waals surface area contributed by atoms with Crippen molar-refractivity contribution in [3.63, 3.8) is 0 Å². The molecule has 0 aromatic heterocycles. The fourth-order valence-corrected chi connectivity index (χ4v) is 3.29. The lowest BCUT2D eigenvalue weighted by Crippen LogP contribution is -2.28. The quantitative estimate of drug-likeness (QED) is 0.844. The van der Waals surface area contributed by atoms with Crippen LogP contribution in [-0.4, -0.2) is 24.3 Å². The van der Waals surface area contributed by atoms with Gasteiger partial charge in [-0.1, -0.05) is 11.6 Å². The highest BCUT2D eigenvalue weighted by Crippen LogP contribution is 2.28. The van der Waals surface area contributed by atoms with Crippen molar-refractivity contribution in [2.45, 2.75) is 20.3 Å². The molecule has 7 heteroatoms. The number of benzene rings is 2. The average molecular weight is 386 g/mol. The molecular weight excluding hydrogens is 366 g/mol. The third kappa shape index (κ3) is 4.46. The molecule has 27 heavy (non-hydrogen) atoms. The molecule has 2 N–H and O–H groups in total. The Morgan fingerprint density at radius 3 is 2.44 bits per heavy atom. The summed E-state index contributed by atoms with van der Waals surface area (Å²) in [6.07, 6.45) is 0.159. The lowest BCUT2D eigenvalue weighted by molar-refractivity contribution is -0.122. The van der Waals surface area contributed by atoms with E-state index >= 15 is 0 Å². The largest absolute Gasteiger partial charge is 0.326 e. The molecule has 1 saturated heterocycles. The Morgan fingerprint density at radius 1 is 1.11 bits per heavy atom. The van der Waals surface area contributed by atoms with Crippen LogP contribution in [0.25, 0.3) is 0 Å². The monoisotopic (exact) mass is 385 g/mol. The van der Waals surface area contributed by atoms with E-state index in [4.69, 9.17) is 11.6 Å². The molecule has 3 rings (SSSR count). The third-order valence-electron chi connectivity index (χ3n) is 4.44. The van der Waals surface area contributed by atoms with Crippen LogP contribution in [0, 0.1) is 12.8 Å². The maximum Gasteiger partial charge on any atom is 0.229 e. The lowest BCUT2D eigenvalue weighted by atomic mass is 10.1. The molecular formula is C20H20ClN3O3. The summed E-state index contributed by atoms with van der Waals surface area (Å²) in [5.41, 5.74) is 2.91. The average Bonchev–Trinajstić information content (AvgIpc) is 2.99. The van der Waals surface area contributed by atoms with Crippen molar-refractivity contribution >= 4 is 46.4 Å². The van der Waals surface area contributed by atoms with Gasteiger partial charge in [-0.05, 0) is 55.0 Å². The Kier molecular flexibility index (Phi) is 5.46. The number of aryl methyl sites for hydroxylation is 1. The summed E-state index contributed by atoms with van der Waals surface area (Å²) in [5, 5.41) is 6.17. The van der Waals surface area contributed by atoms with E-state index in [1.807, 2.05) is 6.92 Å². The first-order valence-corrected chi connectivity index (χ1v) is 8.96. The first-order chi connectivity index (χ1) is 12.8. The van der Waals surface area contributed by atoms with Gasteiger partial charge in [0.1, 0.15) is 0 Å². The van der Waals surface area contributed by atoms with Gasteiger partial charge in [-0.3, -0.25) is 14.4 Å². The van der Waals surface area contributed by atoms with Gasteiger partial charge in [-0.2, -0.15) is 0 Å². The summed E-state index contributed by atoms with van der Waals surface area (Å²) in [5.74, 6) is -0.877. The van der Waals surface area contributed by atoms with E-state index in [0.29, 0.717) is 28.6 Å². The highest BCUT2D eigenvalue weighted by atomic mass is 35.5. The van der Waals surface area contributed by atoms with Crippen LogP contribution >= 0.6 is 11.6 Å². The maximum absolute atomic E-state index is 12.6. The van der Waals surface area contributed by atoms with Gasteiger partial charge < -0.3 is 15.5 Å². The minimum atomic E-state index is -0.428. The molecule has 6 nitrogen and oxygen atoms in total. The smallest absolute Gasteiger partial charge is 0.229 e. The molecule has 1 unspecified atom stereocenters. The first-order valence-electron chi connectivity index (χ1n) is 8.58. The number of nitrogens with zero attached hydrogens (tertiary/aromatic N) is 1. The highest BCUT2D eigenvalue weighted by molar-refractivity contribution is 6.30. The molecule has 140 valence electrons. The maximum atomic E-state index is 12.6. The van der Waals surface area contributed by atoms with Crippen molar-refractivity contribution < 1.29 is 14.4 Å². The minimum Gasteiger partial charge on any atom is -0.326 e. The fourth-order valence-electron chi connectivity index (χ4n) is 3.06. The van der Waals surface area contributed by atoms with Crippen LogP contribution in [-0.2, 0) is 14.4 Å². The summed E-state index contributed by atoms with van der Waals surface area (Å²) in [4.78, 5) is 37.6. The molecule has 0 saturated carbocycles. The number of carbonyl (C=O) groups excluding carboxylic acids is 3. The Morgan fingerprint density at radius 2 is 1.81 bits per heavy atom. The number of halogens is 1. The van der Waals surface area contributed by atoms with E-state index in [1.165, 1.54) is 6.92 Å². The Hall–Kier alpha value is -2.86. The molecule has 3 amide bonds. The summed E-state index contributed by atoms with van der Waals surface area (Å²) >= 11 is 5.94. The van der Waals surface area contributed by atoms with Crippen LogP contribution in [0.15, 0.2) is 42.5 Å². The molecule has 0 spiro atoms. The zero-order valence-electron chi connectivity index (χ0n) is 15.1. The summed E-state index contributed by atoms with van der Waals surface area (Å²) in [7, 11) is 0. The van der Waals surface area contributed by atoms with Crippen LogP contribution in [0.5, 0.6) is 0 Å². The second-order valence-electron chi connectivity index (χ2n) is 6.58. The van der Waals surface area contributed by atoms with Crippen LogP contribution in [0.3, 0.4) is 0 Å². The van der Waals surface area contributed by atoms with Gasteiger partial charge in [0.25, 0.3) is 0 Å². The van der Waals surface area contributed by atoms with Crippen molar-refractivity contribution in [1.82, 2.24) is 0 Å². The molecule has 2 aromatic rings. The SMILES string of the molecule is CC(=O)Nc1ccc(N2CC(C(=O)Nc3ccc(Cl)cc3C)CC2=O)cc1. The van der Waals surface area contributed by atoms with Gasteiger partial charge in [0.05, 0.1) is 5.92 Å². The topological polar surface area (TPSA) is 78.5 Å². The van der Waals surface area contributed by atoms with E-state index in [0.717, 1.165) is 5.56 Å². The lowest BCUT2D eigenvalue weighted by Gasteiger charge is -2.17. The van der Waals surface area contributed by atoms with Crippen LogP contribution in [0.1, 0.15) is 18.9 Å². The standard InChI is InChI=1S/C20H20ClN3O3/c1-12-9-15(21)3-8-18(12)23-20(27)14-10-19(26)24(11-14)17-6-4-16(5-7-17)22-13(2)25/h3-9,14H,10-11H2,1-2H3,(H,22,25)(H,23,27). The second kappa shape index (κ2) is 7.80. The molecule has 0 aliphatic carbocycles. The molecule has 2 aromatic carbocycles. The highest BCUT2D eigenvalue weighted by Gasteiger charge is 2.35. The number of amides is 3. The molecule has 0 bridgehead atoms. The zero-order valence-corrected chi connectivity index (χ0v) is 15.8. The Balaban J connectivity index is 1.67. The van der Waals surface area contributed by atoms with Crippen LogP contribution < -0.4 is 15.5 Å². The zero-order chi connectivity index (χ0) is 19.6. The van der Waals surface area contributed by atoms with Crippen molar-refractivity contribution in [2.24, 2.45) is 5.92 Å². The third-order valence-corrected chi connectivity index (χ3v) is 4.68.